The molecule has 3 fully saturated rings. The standard InChI is InChI=1S/C44H52N4O9S/c1-43(2)19-11-13-27-20-34-33(23-37(27)55-3)32-15-9-10-16-35(32)45-40(34)57-30-22-36-39(50)46-44(42(52)47-58(53,54)31-17-18-31)24-29(44)14-8-6-4-5-7-12-28(21-38(49)56-26-43)41(51)48(36)25-30/h8-11,13-16,20,23,28-31,36H,4-7,12,17-19,21-22,24-26H2,1-3H3,(H,46,50)(H,47,52)/b13-11?,14-8-/t28-,29-,30-,36+,44-/m1/s1. The number of ether oxygens (including phenoxy) is 3. The Morgan fingerprint density at radius 2 is 1.83 bits per heavy atom. The van der Waals surface area contributed by atoms with E-state index in [-0.39, 0.29) is 38.3 Å². The molecule has 0 unspecified atom stereocenters. The van der Waals surface area contributed by atoms with Gasteiger partial charge in [-0.15, -0.1) is 0 Å². The number of nitrogens with one attached hydrogen (secondary N) is 2. The van der Waals surface area contributed by atoms with Gasteiger partial charge in [-0.05, 0) is 63.1 Å². The quantitative estimate of drug-likeness (QED) is 0.188. The molecule has 58 heavy (non-hydrogen) atoms. The van der Waals surface area contributed by atoms with Crippen molar-refractivity contribution in [3.05, 3.63) is 60.2 Å². The lowest BCUT2D eigenvalue weighted by atomic mass is 9.89. The molecule has 308 valence electrons. The number of carbonyl (C=O) groups is 4. The van der Waals surface area contributed by atoms with Gasteiger partial charge in [0.2, 0.25) is 27.7 Å². The Morgan fingerprint density at radius 3 is 2.62 bits per heavy atom. The predicted molar refractivity (Wildman–Crippen MR) is 218 cm³/mol. The van der Waals surface area contributed by atoms with Crippen molar-refractivity contribution in [2.75, 3.05) is 20.3 Å². The summed E-state index contributed by atoms with van der Waals surface area (Å²) in [6.45, 7) is 4.19. The molecule has 0 spiro atoms. The van der Waals surface area contributed by atoms with Gasteiger partial charge in [-0.1, -0.05) is 69.2 Å². The van der Waals surface area contributed by atoms with Crippen LogP contribution < -0.4 is 19.5 Å². The number of hydrogen-bond acceptors (Lipinski definition) is 10. The Bertz CT molecular complexity index is 2320. The minimum Gasteiger partial charge on any atom is -0.496 e. The fraction of sp³-hybridized carbons (Fsp3) is 0.523. The molecule has 0 radical (unpaired) electrons. The summed E-state index contributed by atoms with van der Waals surface area (Å²) < 4.78 is 46.5. The first-order chi connectivity index (χ1) is 27.8. The van der Waals surface area contributed by atoms with E-state index in [2.05, 4.69) is 10.0 Å². The summed E-state index contributed by atoms with van der Waals surface area (Å²) in [5.74, 6) is -2.41. The van der Waals surface area contributed by atoms with Crippen LogP contribution in [0.1, 0.15) is 90.0 Å². The van der Waals surface area contributed by atoms with Crippen LogP contribution in [0.25, 0.3) is 27.8 Å². The first-order valence-corrected chi connectivity index (χ1v) is 22.1. The van der Waals surface area contributed by atoms with Crippen molar-refractivity contribution in [3.63, 3.8) is 0 Å². The second kappa shape index (κ2) is 15.6. The summed E-state index contributed by atoms with van der Waals surface area (Å²) in [5, 5.41) is 4.80. The van der Waals surface area contributed by atoms with Crippen LogP contribution in [0.2, 0.25) is 0 Å². The second-order valence-electron chi connectivity index (χ2n) is 17.4. The number of sulfonamides is 1. The highest BCUT2D eigenvalue weighted by molar-refractivity contribution is 7.91. The summed E-state index contributed by atoms with van der Waals surface area (Å²) in [6, 6.07) is 10.6. The number of amides is 3. The normalized spacial score (nSPS) is 28.6. The lowest BCUT2D eigenvalue weighted by Crippen LogP contribution is -2.57. The highest BCUT2D eigenvalue weighted by atomic mass is 32.2. The Labute approximate surface area is 339 Å². The number of methoxy groups -OCH3 is 1. The lowest BCUT2D eigenvalue weighted by Gasteiger charge is -2.29. The third-order valence-electron chi connectivity index (χ3n) is 12.3. The number of para-hydroxylation sites is 1. The molecule has 2 aromatic carbocycles. The van der Waals surface area contributed by atoms with Gasteiger partial charge in [0.15, 0.2) is 0 Å². The van der Waals surface area contributed by atoms with Gasteiger partial charge >= 0.3 is 5.97 Å². The smallest absolute Gasteiger partial charge is 0.306 e. The van der Waals surface area contributed by atoms with E-state index in [1.807, 2.05) is 74.5 Å². The first kappa shape index (κ1) is 39.8. The Morgan fingerprint density at radius 1 is 1.02 bits per heavy atom. The third kappa shape index (κ3) is 8.17. The number of aromatic nitrogens is 1. The van der Waals surface area contributed by atoms with Gasteiger partial charge in [-0.3, -0.25) is 23.9 Å². The minimum atomic E-state index is -3.89. The molecule has 5 atom stereocenters. The van der Waals surface area contributed by atoms with Crippen LogP contribution in [-0.4, -0.2) is 85.2 Å². The summed E-state index contributed by atoms with van der Waals surface area (Å²) in [7, 11) is -2.27. The van der Waals surface area contributed by atoms with Crippen molar-refractivity contribution in [2.24, 2.45) is 17.3 Å². The van der Waals surface area contributed by atoms with Gasteiger partial charge in [-0.2, -0.15) is 0 Å². The maximum Gasteiger partial charge on any atom is 0.306 e. The molecule has 8 rings (SSSR count). The highest BCUT2D eigenvalue weighted by Crippen LogP contribution is 2.46. The number of cyclic esters (lactones) is 1. The molecule has 3 aliphatic heterocycles. The Hall–Kier alpha value is -4.98. The number of fused-ring (bicyclic) bond motifs is 6. The molecule has 5 aliphatic rings. The molecular formula is C44H52N4O9S. The third-order valence-corrected chi connectivity index (χ3v) is 14.1. The summed E-state index contributed by atoms with van der Waals surface area (Å²) >= 11 is 0. The van der Waals surface area contributed by atoms with E-state index in [0.29, 0.717) is 55.7 Å². The molecule has 2 N–H and O–H groups in total. The number of carbonyl (C=O) groups excluding carboxylic acids is 4. The van der Waals surface area contributed by atoms with Crippen LogP contribution >= 0.6 is 0 Å². The average Bonchev–Trinajstić information content (AvgIpc) is 4.12. The topological polar surface area (TPSA) is 170 Å². The van der Waals surface area contributed by atoms with E-state index in [9.17, 15) is 27.6 Å². The summed E-state index contributed by atoms with van der Waals surface area (Å²) in [5.41, 5.74) is -0.423. The van der Waals surface area contributed by atoms with Crippen LogP contribution in [0.4, 0.5) is 0 Å². The molecule has 2 aliphatic carbocycles. The van der Waals surface area contributed by atoms with E-state index < -0.39 is 68.0 Å². The number of rotatable bonds is 4. The summed E-state index contributed by atoms with van der Waals surface area (Å²) in [6.07, 6.45) is 12.3. The van der Waals surface area contributed by atoms with Crippen molar-refractivity contribution < 1.29 is 41.8 Å². The molecular weight excluding hydrogens is 761 g/mol. The lowest BCUT2D eigenvalue weighted by molar-refractivity contribution is -0.152. The predicted octanol–water partition coefficient (Wildman–Crippen LogP) is 5.74. The zero-order valence-corrected chi connectivity index (χ0v) is 34.1. The van der Waals surface area contributed by atoms with E-state index in [1.54, 1.807) is 7.11 Å². The van der Waals surface area contributed by atoms with E-state index in [1.165, 1.54) is 4.90 Å². The van der Waals surface area contributed by atoms with Crippen LogP contribution in [0, 0.1) is 17.3 Å². The molecule has 2 saturated carbocycles. The SMILES string of the molecule is COc1cc2c3cc1C=CCC(C)(C)COC(=O)C[C@H]1CCCCC/C=C\[C@@H]4C[C@@]4(C(=O)NS(=O)(=O)C4CC4)NC(=O)[C@@H]4C[C@H](CN4C1=O)Oc3nc1ccccc12. The van der Waals surface area contributed by atoms with Crippen molar-refractivity contribution in [2.45, 2.75) is 107 Å². The van der Waals surface area contributed by atoms with Crippen molar-refractivity contribution in [1.29, 1.82) is 0 Å². The highest BCUT2D eigenvalue weighted by Gasteiger charge is 2.62. The number of nitrogens with zero attached hydrogens (tertiary/aromatic N) is 2. The van der Waals surface area contributed by atoms with Gasteiger partial charge in [0.1, 0.15) is 23.4 Å². The number of allylic oxidation sites excluding steroid dienone is 2. The molecule has 3 amide bonds. The van der Waals surface area contributed by atoms with E-state index in [4.69, 9.17) is 19.2 Å². The number of hydrogen-bond donors (Lipinski definition) is 2. The maximum atomic E-state index is 14.8. The van der Waals surface area contributed by atoms with Gasteiger partial charge in [0, 0.05) is 45.4 Å². The number of pyridine rings is 1. The molecule has 4 heterocycles. The number of benzene rings is 2. The monoisotopic (exact) mass is 812 g/mol. The van der Waals surface area contributed by atoms with Gasteiger partial charge in [-0.25, -0.2) is 13.4 Å². The molecule has 5 bridgehead atoms. The molecule has 13 nitrogen and oxygen atoms in total. The number of esters is 1. The minimum absolute atomic E-state index is 0.0208. The van der Waals surface area contributed by atoms with E-state index in [0.717, 1.165) is 34.6 Å². The fourth-order valence-electron chi connectivity index (χ4n) is 8.60. The van der Waals surface area contributed by atoms with Crippen molar-refractivity contribution in [1.82, 2.24) is 19.9 Å². The molecule has 1 aromatic heterocycles. The molecule has 1 saturated heterocycles. The molecule has 3 aromatic rings. The Balaban J connectivity index is 1.20. The van der Waals surface area contributed by atoms with Crippen LogP contribution in [0.5, 0.6) is 11.6 Å². The van der Waals surface area contributed by atoms with Crippen molar-refractivity contribution in [3.8, 4) is 11.6 Å². The zero-order valence-electron chi connectivity index (χ0n) is 33.3. The Kier molecular flexibility index (Phi) is 10.7. The van der Waals surface area contributed by atoms with Crippen molar-refractivity contribution >= 4 is 61.5 Å². The van der Waals surface area contributed by atoms with E-state index >= 15 is 0 Å². The van der Waals surface area contributed by atoms with Crippen LogP contribution in [-0.2, 0) is 33.9 Å². The molecule has 14 heteroatoms. The van der Waals surface area contributed by atoms with Gasteiger partial charge in [0.05, 0.1) is 37.4 Å². The average molecular weight is 813 g/mol. The maximum absolute atomic E-state index is 14.8. The summed E-state index contributed by atoms with van der Waals surface area (Å²) in [4.78, 5) is 63.1. The zero-order chi connectivity index (χ0) is 40.8. The van der Waals surface area contributed by atoms with Gasteiger partial charge < -0.3 is 24.4 Å². The second-order valence-corrected chi connectivity index (χ2v) is 19.4. The van der Waals surface area contributed by atoms with Crippen LogP contribution in [0.3, 0.4) is 0 Å². The van der Waals surface area contributed by atoms with Crippen LogP contribution in [0.15, 0.2) is 54.6 Å². The largest absolute Gasteiger partial charge is 0.496 e. The first-order valence-electron chi connectivity index (χ1n) is 20.5. The van der Waals surface area contributed by atoms with Gasteiger partial charge in [0.25, 0.3) is 5.91 Å². The fourth-order valence-corrected chi connectivity index (χ4v) is 9.96.